The van der Waals surface area contributed by atoms with E-state index in [0.29, 0.717) is 11.6 Å². The van der Waals surface area contributed by atoms with E-state index < -0.39 is 0 Å². The molecule has 2 N–H and O–H groups in total. The highest BCUT2D eigenvalue weighted by atomic mass is 32.1. The van der Waals surface area contributed by atoms with Crippen LogP contribution in [0.15, 0.2) is 36.4 Å². The SMILES string of the molecule is CCOc1ccccc1-c1ccc(C(N)=S)c(C)n1. The Morgan fingerprint density at radius 2 is 2.00 bits per heavy atom. The van der Waals surface area contributed by atoms with E-state index in [9.17, 15) is 0 Å². The highest BCUT2D eigenvalue weighted by Gasteiger charge is 2.09. The van der Waals surface area contributed by atoms with Crippen LogP contribution in [0.3, 0.4) is 0 Å². The summed E-state index contributed by atoms with van der Waals surface area (Å²) in [5.74, 6) is 0.833. The molecule has 0 atom stereocenters. The lowest BCUT2D eigenvalue weighted by Crippen LogP contribution is -2.12. The third-order valence-corrected chi connectivity index (χ3v) is 3.03. The Labute approximate surface area is 118 Å². The van der Waals surface area contributed by atoms with Gasteiger partial charge in [0.2, 0.25) is 0 Å². The molecule has 19 heavy (non-hydrogen) atoms. The smallest absolute Gasteiger partial charge is 0.128 e. The molecule has 0 amide bonds. The summed E-state index contributed by atoms with van der Waals surface area (Å²) in [6, 6.07) is 11.7. The summed E-state index contributed by atoms with van der Waals surface area (Å²) in [6.07, 6.45) is 0. The van der Waals surface area contributed by atoms with Gasteiger partial charge in [-0.1, -0.05) is 24.4 Å². The molecule has 0 saturated carbocycles. The number of benzene rings is 1. The van der Waals surface area contributed by atoms with Crippen molar-refractivity contribution in [2.45, 2.75) is 13.8 Å². The van der Waals surface area contributed by atoms with Crippen LogP contribution in [0.4, 0.5) is 0 Å². The number of hydrogen-bond acceptors (Lipinski definition) is 3. The summed E-state index contributed by atoms with van der Waals surface area (Å²) in [6.45, 7) is 4.49. The van der Waals surface area contributed by atoms with Crippen LogP contribution in [-0.2, 0) is 0 Å². The zero-order valence-corrected chi connectivity index (χ0v) is 11.8. The molecular weight excluding hydrogens is 256 g/mol. The standard InChI is InChI=1S/C15H16N2OS/c1-3-18-14-7-5-4-6-12(14)13-9-8-11(15(16)19)10(2)17-13/h4-9H,3H2,1-2H3,(H2,16,19). The molecule has 1 aromatic heterocycles. The second-order valence-corrected chi connectivity index (χ2v) is 4.56. The van der Waals surface area contributed by atoms with Gasteiger partial charge in [0.1, 0.15) is 10.7 Å². The average molecular weight is 272 g/mol. The number of nitrogens with zero attached hydrogens (tertiary/aromatic N) is 1. The van der Waals surface area contributed by atoms with Crippen molar-refractivity contribution in [1.82, 2.24) is 4.98 Å². The van der Waals surface area contributed by atoms with Gasteiger partial charge in [0, 0.05) is 16.8 Å². The molecule has 0 radical (unpaired) electrons. The van der Waals surface area contributed by atoms with Crippen LogP contribution >= 0.6 is 12.2 Å². The van der Waals surface area contributed by atoms with Gasteiger partial charge >= 0.3 is 0 Å². The number of rotatable bonds is 4. The number of ether oxygens (including phenoxy) is 1. The summed E-state index contributed by atoms with van der Waals surface area (Å²) in [5, 5.41) is 0. The maximum absolute atomic E-state index is 5.65. The average Bonchev–Trinajstić information content (AvgIpc) is 2.39. The lowest BCUT2D eigenvalue weighted by atomic mass is 10.1. The van der Waals surface area contributed by atoms with Gasteiger partial charge in [-0.3, -0.25) is 4.98 Å². The largest absolute Gasteiger partial charge is 0.493 e. The van der Waals surface area contributed by atoms with Gasteiger partial charge in [-0.15, -0.1) is 0 Å². The Kier molecular flexibility index (Phi) is 4.12. The van der Waals surface area contributed by atoms with E-state index in [-0.39, 0.29) is 0 Å². The Balaban J connectivity index is 2.48. The maximum atomic E-state index is 5.65. The van der Waals surface area contributed by atoms with Crippen molar-refractivity contribution in [2.24, 2.45) is 5.73 Å². The van der Waals surface area contributed by atoms with Crippen molar-refractivity contribution >= 4 is 17.2 Å². The zero-order chi connectivity index (χ0) is 13.8. The van der Waals surface area contributed by atoms with E-state index in [1.807, 2.05) is 50.2 Å². The minimum Gasteiger partial charge on any atom is -0.493 e. The van der Waals surface area contributed by atoms with Crippen LogP contribution in [0.1, 0.15) is 18.2 Å². The molecule has 1 heterocycles. The lowest BCUT2D eigenvalue weighted by Gasteiger charge is -2.11. The molecule has 0 unspecified atom stereocenters. The quantitative estimate of drug-likeness (QED) is 0.869. The first kappa shape index (κ1) is 13.5. The van der Waals surface area contributed by atoms with Gasteiger partial charge in [0.05, 0.1) is 12.3 Å². The maximum Gasteiger partial charge on any atom is 0.128 e. The molecule has 4 heteroatoms. The van der Waals surface area contributed by atoms with Gasteiger partial charge in [0.25, 0.3) is 0 Å². The van der Waals surface area contributed by atoms with Gasteiger partial charge in [0.15, 0.2) is 0 Å². The molecule has 2 rings (SSSR count). The summed E-state index contributed by atoms with van der Waals surface area (Å²) in [4.78, 5) is 4.93. The highest BCUT2D eigenvalue weighted by Crippen LogP contribution is 2.29. The number of hydrogen-bond donors (Lipinski definition) is 1. The van der Waals surface area contributed by atoms with Crippen LogP contribution in [0, 0.1) is 6.92 Å². The summed E-state index contributed by atoms with van der Waals surface area (Å²) >= 11 is 4.99. The monoisotopic (exact) mass is 272 g/mol. The van der Waals surface area contributed by atoms with Crippen LogP contribution in [-0.4, -0.2) is 16.6 Å². The van der Waals surface area contributed by atoms with E-state index in [0.717, 1.165) is 28.3 Å². The Bertz CT molecular complexity index is 611. The van der Waals surface area contributed by atoms with Crippen LogP contribution in [0.5, 0.6) is 5.75 Å². The molecule has 0 aliphatic heterocycles. The third kappa shape index (κ3) is 2.90. The van der Waals surface area contributed by atoms with E-state index in [1.165, 1.54) is 0 Å². The van der Waals surface area contributed by atoms with Crippen LogP contribution < -0.4 is 10.5 Å². The Morgan fingerprint density at radius 1 is 1.26 bits per heavy atom. The second-order valence-electron chi connectivity index (χ2n) is 4.12. The molecule has 0 spiro atoms. The summed E-state index contributed by atoms with van der Waals surface area (Å²) in [7, 11) is 0. The summed E-state index contributed by atoms with van der Waals surface area (Å²) < 4.78 is 5.62. The molecular formula is C15H16N2OS. The minimum atomic E-state index is 0.370. The topological polar surface area (TPSA) is 48.1 Å². The molecule has 3 nitrogen and oxygen atoms in total. The van der Waals surface area contributed by atoms with Crippen molar-refractivity contribution in [3.63, 3.8) is 0 Å². The fourth-order valence-electron chi connectivity index (χ4n) is 1.93. The number of pyridine rings is 1. The zero-order valence-electron chi connectivity index (χ0n) is 11.0. The number of aromatic nitrogens is 1. The predicted molar refractivity (Wildman–Crippen MR) is 81.5 cm³/mol. The third-order valence-electron chi connectivity index (χ3n) is 2.81. The minimum absolute atomic E-state index is 0.370. The first-order valence-electron chi connectivity index (χ1n) is 6.13. The van der Waals surface area contributed by atoms with Crippen molar-refractivity contribution in [3.05, 3.63) is 47.7 Å². The van der Waals surface area contributed by atoms with Gasteiger partial charge in [-0.25, -0.2) is 0 Å². The molecule has 0 aliphatic carbocycles. The van der Waals surface area contributed by atoms with Gasteiger partial charge in [-0.2, -0.15) is 0 Å². The van der Waals surface area contributed by atoms with E-state index in [4.69, 9.17) is 22.7 Å². The van der Waals surface area contributed by atoms with E-state index in [1.54, 1.807) is 0 Å². The van der Waals surface area contributed by atoms with E-state index >= 15 is 0 Å². The fraction of sp³-hybridized carbons (Fsp3) is 0.200. The second kappa shape index (κ2) is 5.80. The number of para-hydroxylation sites is 1. The van der Waals surface area contributed by atoms with Gasteiger partial charge < -0.3 is 10.5 Å². The normalized spacial score (nSPS) is 10.2. The van der Waals surface area contributed by atoms with Crippen molar-refractivity contribution in [1.29, 1.82) is 0 Å². The fourth-order valence-corrected chi connectivity index (χ4v) is 2.15. The van der Waals surface area contributed by atoms with Gasteiger partial charge in [-0.05, 0) is 38.1 Å². The molecule has 98 valence electrons. The Morgan fingerprint density at radius 3 is 2.63 bits per heavy atom. The lowest BCUT2D eigenvalue weighted by molar-refractivity contribution is 0.341. The number of thiocarbonyl (C=S) groups is 1. The molecule has 0 aliphatic rings. The molecule has 0 fully saturated rings. The van der Waals surface area contributed by atoms with Crippen LogP contribution in [0.2, 0.25) is 0 Å². The van der Waals surface area contributed by atoms with Crippen molar-refractivity contribution in [3.8, 4) is 17.0 Å². The van der Waals surface area contributed by atoms with Crippen molar-refractivity contribution in [2.75, 3.05) is 6.61 Å². The molecule has 2 aromatic rings. The Hall–Kier alpha value is -1.94. The number of aryl methyl sites for hydroxylation is 1. The number of nitrogens with two attached hydrogens (primary N) is 1. The summed E-state index contributed by atoms with van der Waals surface area (Å²) in [5.41, 5.74) is 9.13. The van der Waals surface area contributed by atoms with E-state index in [2.05, 4.69) is 4.98 Å². The molecule has 0 bridgehead atoms. The predicted octanol–water partition coefficient (Wildman–Crippen LogP) is 3.09. The molecule has 0 saturated heterocycles. The van der Waals surface area contributed by atoms with Crippen LogP contribution in [0.25, 0.3) is 11.3 Å². The molecule has 1 aromatic carbocycles. The highest BCUT2D eigenvalue weighted by molar-refractivity contribution is 7.80. The first-order chi connectivity index (χ1) is 9.13. The van der Waals surface area contributed by atoms with Crippen molar-refractivity contribution < 1.29 is 4.74 Å². The first-order valence-corrected chi connectivity index (χ1v) is 6.54.